The minimum atomic E-state index is -0.968. The van der Waals surface area contributed by atoms with Crippen molar-refractivity contribution in [3.63, 3.8) is 0 Å². The standard InChI is InChI=1S/C19H26N2O5/c1-12(2)13-7-9-14(10-8-13)26-11-17(22)20-21-18(23)15-5-3-4-6-16(15)19(24)25/h7-10,12,15-16H,3-6,11H2,1-2H3,(H,20,22)(H,21,23)(H,24,25)/t15-,16+/m1/s1. The highest BCUT2D eigenvalue weighted by atomic mass is 16.5. The number of aliphatic carboxylic acids is 1. The van der Waals surface area contributed by atoms with E-state index in [1.807, 2.05) is 12.1 Å². The summed E-state index contributed by atoms with van der Waals surface area (Å²) in [4.78, 5) is 35.2. The fourth-order valence-electron chi connectivity index (χ4n) is 3.10. The number of carboxylic acids is 1. The van der Waals surface area contributed by atoms with E-state index in [0.29, 0.717) is 24.5 Å². The second kappa shape index (κ2) is 9.22. The molecule has 0 spiro atoms. The smallest absolute Gasteiger partial charge is 0.307 e. The molecule has 0 radical (unpaired) electrons. The molecule has 0 saturated heterocycles. The van der Waals surface area contributed by atoms with Crippen LogP contribution < -0.4 is 15.6 Å². The molecule has 26 heavy (non-hydrogen) atoms. The van der Waals surface area contributed by atoms with Crippen molar-refractivity contribution in [2.45, 2.75) is 45.4 Å². The van der Waals surface area contributed by atoms with Crippen molar-refractivity contribution in [1.82, 2.24) is 10.9 Å². The van der Waals surface area contributed by atoms with Crippen LogP contribution in [0, 0.1) is 11.8 Å². The Hall–Kier alpha value is -2.57. The van der Waals surface area contributed by atoms with Crippen molar-refractivity contribution in [2.24, 2.45) is 11.8 Å². The Labute approximate surface area is 153 Å². The number of hydrazine groups is 1. The van der Waals surface area contributed by atoms with Crippen molar-refractivity contribution in [2.75, 3.05) is 6.61 Å². The van der Waals surface area contributed by atoms with Gasteiger partial charge in [-0.2, -0.15) is 0 Å². The van der Waals surface area contributed by atoms with Crippen LogP contribution in [0.3, 0.4) is 0 Å². The lowest BCUT2D eigenvalue weighted by molar-refractivity contribution is -0.149. The molecule has 0 aliphatic heterocycles. The van der Waals surface area contributed by atoms with Gasteiger partial charge in [0.25, 0.3) is 5.91 Å². The third kappa shape index (κ3) is 5.47. The molecule has 3 N–H and O–H groups in total. The fraction of sp³-hybridized carbons (Fsp3) is 0.526. The Kier molecular flexibility index (Phi) is 7.00. The Morgan fingerprint density at radius 2 is 1.69 bits per heavy atom. The van der Waals surface area contributed by atoms with E-state index >= 15 is 0 Å². The number of benzene rings is 1. The summed E-state index contributed by atoms with van der Waals surface area (Å²) in [6.07, 6.45) is 2.61. The number of rotatable bonds is 6. The minimum Gasteiger partial charge on any atom is -0.484 e. The van der Waals surface area contributed by atoms with Gasteiger partial charge in [0.15, 0.2) is 6.61 Å². The van der Waals surface area contributed by atoms with E-state index in [1.165, 1.54) is 5.56 Å². The van der Waals surface area contributed by atoms with Gasteiger partial charge in [-0.1, -0.05) is 38.8 Å². The molecule has 7 nitrogen and oxygen atoms in total. The molecule has 1 saturated carbocycles. The van der Waals surface area contributed by atoms with Crippen molar-refractivity contribution < 1.29 is 24.2 Å². The van der Waals surface area contributed by atoms with Crippen molar-refractivity contribution in [3.05, 3.63) is 29.8 Å². The number of carbonyl (C=O) groups excluding carboxylic acids is 2. The largest absolute Gasteiger partial charge is 0.484 e. The molecular formula is C19H26N2O5. The molecule has 1 aromatic rings. The number of carboxylic acid groups (broad SMARTS) is 1. The van der Waals surface area contributed by atoms with Gasteiger partial charge in [-0.25, -0.2) is 0 Å². The van der Waals surface area contributed by atoms with Crippen LogP contribution in [0.5, 0.6) is 5.75 Å². The van der Waals surface area contributed by atoms with Gasteiger partial charge in [0.2, 0.25) is 5.91 Å². The predicted octanol–water partition coefficient (Wildman–Crippen LogP) is 2.23. The monoisotopic (exact) mass is 362 g/mol. The first kappa shape index (κ1) is 19.8. The average molecular weight is 362 g/mol. The van der Waals surface area contributed by atoms with E-state index in [4.69, 9.17) is 4.74 Å². The Morgan fingerprint density at radius 1 is 1.08 bits per heavy atom. The Bertz CT molecular complexity index is 642. The van der Waals surface area contributed by atoms with Gasteiger partial charge in [0, 0.05) is 0 Å². The first-order valence-corrected chi connectivity index (χ1v) is 8.92. The number of ether oxygens (including phenoxy) is 1. The zero-order valence-corrected chi connectivity index (χ0v) is 15.2. The number of hydrogen-bond donors (Lipinski definition) is 3. The van der Waals surface area contributed by atoms with Crippen molar-refractivity contribution in [1.29, 1.82) is 0 Å². The molecular weight excluding hydrogens is 336 g/mol. The van der Waals surface area contributed by atoms with Gasteiger partial charge < -0.3 is 9.84 Å². The van der Waals surface area contributed by atoms with E-state index < -0.39 is 29.6 Å². The molecule has 0 aromatic heterocycles. The molecule has 7 heteroatoms. The maximum atomic E-state index is 12.2. The lowest BCUT2D eigenvalue weighted by atomic mass is 9.79. The quantitative estimate of drug-likeness (QED) is 0.673. The van der Waals surface area contributed by atoms with Crippen molar-refractivity contribution >= 4 is 17.8 Å². The summed E-state index contributed by atoms with van der Waals surface area (Å²) in [5.41, 5.74) is 5.77. The van der Waals surface area contributed by atoms with Crippen LogP contribution in [-0.4, -0.2) is 29.5 Å². The number of amides is 2. The lowest BCUT2D eigenvalue weighted by Crippen LogP contribution is -2.49. The molecule has 0 unspecified atom stereocenters. The maximum Gasteiger partial charge on any atom is 0.307 e. The molecule has 2 atom stereocenters. The maximum absolute atomic E-state index is 12.2. The summed E-state index contributed by atoms with van der Waals surface area (Å²) < 4.78 is 5.38. The van der Waals surface area contributed by atoms with Gasteiger partial charge in [-0.15, -0.1) is 0 Å². The van der Waals surface area contributed by atoms with Gasteiger partial charge in [-0.05, 0) is 36.5 Å². The molecule has 1 aromatic carbocycles. The highest BCUT2D eigenvalue weighted by Crippen LogP contribution is 2.30. The molecule has 0 heterocycles. The number of hydrogen-bond acceptors (Lipinski definition) is 4. The normalized spacial score (nSPS) is 19.7. The van der Waals surface area contributed by atoms with Gasteiger partial charge >= 0.3 is 5.97 Å². The van der Waals surface area contributed by atoms with E-state index in [0.717, 1.165) is 12.8 Å². The SMILES string of the molecule is CC(C)c1ccc(OCC(=O)NNC(=O)[C@@H]2CCCC[C@@H]2C(=O)O)cc1. The molecule has 1 aliphatic carbocycles. The van der Waals surface area contributed by atoms with E-state index in [-0.39, 0.29) is 6.61 Å². The highest BCUT2D eigenvalue weighted by molar-refractivity contribution is 5.87. The predicted molar refractivity (Wildman–Crippen MR) is 95.4 cm³/mol. The third-order valence-electron chi connectivity index (χ3n) is 4.66. The minimum absolute atomic E-state index is 0.242. The summed E-state index contributed by atoms with van der Waals surface area (Å²) in [6, 6.07) is 7.46. The number of carbonyl (C=O) groups is 3. The topological polar surface area (TPSA) is 105 Å². The molecule has 2 amide bonds. The third-order valence-corrected chi connectivity index (χ3v) is 4.66. The molecule has 2 rings (SSSR count). The molecule has 1 fully saturated rings. The first-order valence-electron chi connectivity index (χ1n) is 8.92. The molecule has 0 bridgehead atoms. The summed E-state index contributed by atoms with van der Waals surface area (Å²) in [5.74, 6) is -2.28. The Morgan fingerprint density at radius 3 is 2.27 bits per heavy atom. The van der Waals surface area contributed by atoms with Crippen molar-refractivity contribution in [3.8, 4) is 5.75 Å². The van der Waals surface area contributed by atoms with E-state index in [9.17, 15) is 19.5 Å². The second-order valence-electron chi connectivity index (χ2n) is 6.89. The second-order valence-corrected chi connectivity index (χ2v) is 6.89. The Balaban J connectivity index is 1.77. The number of nitrogens with one attached hydrogen (secondary N) is 2. The zero-order valence-electron chi connectivity index (χ0n) is 15.2. The summed E-state index contributed by atoms with van der Waals surface area (Å²) >= 11 is 0. The van der Waals surface area contributed by atoms with Crippen LogP contribution in [0.2, 0.25) is 0 Å². The van der Waals surface area contributed by atoms with Crippen LogP contribution in [0.15, 0.2) is 24.3 Å². The zero-order chi connectivity index (χ0) is 19.1. The highest BCUT2D eigenvalue weighted by Gasteiger charge is 2.35. The summed E-state index contributed by atoms with van der Waals surface area (Å²) in [6.45, 7) is 3.94. The van der Waals surface area contributed by atoms with Gasteiger partial charge in [0.1, 0.15) is 5.75 Å². The van der Waals surface area contributed by atoms with E-state index in [2.05, 4.69) is 24.7 Å². The van der Waals surface area contributed by atoms with Crippen LogP contribution in [0.4, 0.5) is 0 Å². The first-order chi connectivity index (χ1) is 12.4. The van der Waals surface area contributed by atoms with Crippen LogP contribution in [0.25, 0.3) is 0 Å². The van der Waals surface area contributed by atoms with E-state index in [1.54, 1.807) is 12.1 Å². The summed E-state index contributed by atoms with van der Waals surface area (Å²) in [5, 5.41) is 9.21. The molecule has 142 valence electrons. The average Bonchev–Trinajstić information content (AvgIpc) is 2.64. The van der Waals surface area contributed by atoms with Crippen LogP contribution in [-0.2, 0) is 14.4 Å². The van der Waals surface area contributed by atoms with Gasteiger partial charge in [-0.3, -0.25) is 25.2 Å². The van der Waals surface area contributed by atoms with Gasteiger partial charge in [0.05, 0.1) is 11.8 Å². The fourth-order valence-corrected chi connectivity index (χ4v) is 3.10. The van der Waals surface area contributed by atoms with Crippen LogP contribution >= 0.6 is 0 Å². The summed E-state index contributed by atoms with van der Waals surface area (Å²) in [7, 11) is 0. The molecule has 1 aliphatic rings. The lowest BCUT2D eigenvalue weighted by Gasteiger charge is -2.27. The van der Waals surface area contributed by atoms with Crippen LogP contribution in [0.1, 0.15) is 51.0 Å².